The van der Waals surface area contributed by atoms with Crippen LogP contribution in [0.2, 0.25) is 0 Å². The fourth-order valence-electron chi connectivity index (χ4n) is 2.09. The number of thiazole rings is 1. The molecule has 5 heteroatoms. The molecule has 0 bridgehead atoms. The number of carboxylic acid groups (broad SMARTS) is 1. The van der Waals surface area contributed by atoms with E-state index in [-0.39, 0.29) is 18.6 Å². The minimum atomic E-state index is -1.01. The van der Waals surface area contributed by atoms with Gasteiger partial charge in [-0.3, -0.25) is 9.59 Å². The molecule has 0 amide bonds. The SMILES string of the molecule is O=C1CC(C(=O)O)(c2csc(C3CC3)n2)C1. The first-order valence-corrected chi connectivity index (χ1v) is 6.21. The van der Waals surface area contributed by atoms with Gasteiger partial charge in [0.25, 0.3) is 0 Å². The third kappa shape index (κ3) is 1.31. The lowest BCUT2D eigenvalue weighted by atomic mass is 9.66. The third-order valence-corrected chi connectivity index (χ3v) is 4.35. The van der Waals surface area contributed by atoms with Crippen LogP contribution in [0.4, 0.5) is 0 Å². The smallest absolute Gasteiger partial charge is 0.316 e. The van der Waals surface area contributed by atoms with Gasteiger partial charge in [-0.15, -0.1) is 11.3 Å². The van der Waals surface area contributed by atoms with Gasteiger partial charge in [0, 0.05) is 24.1 Å². The zero-order chi connectivity index (χ0) is 11.3. The van der Waals surface area contributed by atoms with Crippen molar-refractivity contribution in [3.8, 4) is 0 Å². The zero-order valence-corrected chi connectivity index (χ0v) is 9.42. The van der Waals surface area contributed by atoms with Crippen LogP contribution in [0, 0.1) is 0 Å². The summed E-state index contributed by atoms with van der Waals surface area (Å²) < 4.78 is 0. The van der Waals surface area contributed by atoms with Crippen molar-refractivity contribution in [3.05, 3.63) is 16.1 Å². The van der Waals surface area contributed by atoms with Crippen LogP contribution in [0.15, 0.2) is 5.38 Å². The van der Waals surface area contributed by atoms with Crippen LogP contribution in [0.5, 0.6) is 0 Å². The van der Waals surface area contributed by atoms with E-state index in [1.54, 1.807) is 0 Å². The number of aromatic nitrogens is 1. The molecule has 0 atom stereocenters. The maximum Gasteiger partial charge on any atom is 0.316 e. The molecule has 16 heavy (non-hydrogen) atoms. The number of aliphatic carboxylic acids is 1. The number of ketones is 1. The molecule has 1 aromatic heterocycles. The molecule has 4 nitrogen and oxygen atoms in total. The lowest BCUT2D eigenvalue weighted by Crippen LogP contribution is -2.48. The van der Waals surface area contributed by atoms with E-state index in [2.05, 4.69) is 4.98 Å². The van der Waals surface area contributed by atoms with Gasteiger partial charge in [-0.25, -0.2) is 4.98 Å². The Bertz CT molecular complexity index is 467. The predicted molar refractivity (Wildman–Crippen MR) is 57.6 cm³/mol. The molecule has 2 aliphatic carbocycles. The van der Waals surface area contributed by atoms with Gasteiger partial charge in [0.1, 0.15) is 11.2 Å². The molecule has 0 saturated heterocycles. The Labute approximate surface area is 96.3 Å². The molecule has 3 rings (SSSR count). The Balaban J connectivity index is 1.93. The monoisotopic (exact) mass is 237 g/mol. The van der Waals surface area contributed by atoms with Crippen molar-refractivity contribution < 1.29 is 14.7 Å². The van der Waals surface area contributed by atoms with Crippen molar-refractivity contribution in [2.45, 2.75) is 37.0 Å². The number of carboxylic acids is 1. The van der Waals surface area contributed by atoms with Gasteiger partial charge < -0.3 is 5.11 Å². The van der Waals surface area contributed by atoms with E-state index in [9.17, 15) is 14.7 Å². The minimum absolute atomic E-state index is 0.0170. The highest BCUT2D eigenvalue weighted by Gasteiger charge is 2.53. The summed E-state index contributed by atoms with van der Waals surface area (Å²) in [5.41, 5.74) is -0.424. The second kappa shape index (κ2) is 3.13. The summed E-state index contributed by atoms with van der Waals surface area (Å²) in [4.78, 5) is 26.7. The molecule has 0 spiro atoms. The van der Waals surface area contributed by atoms with E-state index in [0.717, 1.165) is 17.8 Å². The topological polar surface area (TPSA) is 67.3 Å². The average molecular weight is 237 g/mol. The summed E-state index contributed by atoms with van der Waals surface area (Å²) in [6.07, 6.45) is 2.53. The quantitative estimate of drug-likeness (QED) is 0.869. The van der Waals surface area contributed by atoms with Crippen LogP contribution in [0.3, 0.4) is 0 Å². The van der Waals surface area contributed by atoms with E-state index in [1.807, 2.05) is 5.38 Å². The summed E-state index contributed by atoms with van der Waals surface area (Å²) in [7, 11) is 0. The summed E-state index contributed by atoms with van der Waals surface area (Å²) in [5.74, 6) is -0.358. The van der Waals surface area contributed by atoms with Crippen molar-refractivity contribution in [3.63, 3.8) is 0 Å². The van der Waals surface area contributed by atoms with Crippen LogP contribution >= 0.6 is 11.3 Å². The number of rotatable bonds is 3. The Morgan fingerprint density at radius 3 is 2.69 bits per heavy atom. The molecule has 0 radical (unpaired) electrons. The van der Waals surface area contributed by atoms with Gasteiger partial charge >= 0.3 is 5.97 Å². The highest BCUT2D eigenvalue weighted by atomic mass is 32.1. The third-order valence-electron chi connectivity index (χ3n) is 3.35. The summed E-state index contributed by atoms with van der Waals surface area (Å²) >= 11 is 1.53. The highest BCUT2D eigenvalue weighted by Crippen LogP contribution is 2.46. The molecule has 1 heterocycles. The molecule has 2 aliphatic rings. The molecule has 1 aromatic rings. The number of nitrogens with zero attached hydrogens (tertiary/aromatic N) is 1. The summed E-state index contributed by atoms with van der Waals surface area (Å²) in [5, 5.41) is 12.1. The van der Waals surface area contributed by atoms with E-state index in [1.165, 1.54) is 11.3 Å². The van der Waals surface area contributed by atoms with Crippen LogP contribution in [0.25, 0.3) is 0 Å². The van der Waals surface area contributed by atoms with E-state index < -0.39 is 11.4 Å². The molecular weight excluding hydrogens is 226 g/mol. The first-order valence-electron chi connectivity index (χ1n) is 5.33. The van der Waals surface area contributed by atoms with Crippen molar-refractivity contribution in [2.75, 3.05) is 0 Å². The first kappa shape index (κ1) is 9.96. The minimum Gasteiger partial charge on any atom is -0.481 e. The number of hydrogen-bond acceptors (Lipinski definition) is 4. The van der Waals surface area contributed by atoms with Crippen LogP contribution in [0.1, 0.15) is 42.3 Å². The fourth-order valence-corrected chi connectivity index (χ4v) is 3.18. The molecule has 1 N–H and O–H groups in total. The normalized spacial score (nSPS) is 22.9. The van der Waals surface area contributed by atoms with Gasteiger partial charge in [0.15, 0.2) is 0 Å². The lowest BCUT2D eigenvalue weighted by molar-refractivity contribution is -0.153. The second-order valence-corrected chi connectivity index (χ2v) is 5.51. The Kier molecular flexibility index (Phi) is 1.95. The predicted octanol–water partition coefficient (Wildman–Crippen LogP) is 1.71. The van der Waals surface area contributed by atoms with Gasteiger partial charge in [-0.1, -0.05) is 0 Å². The molecular formula is C11H11NO3S. The number of carbonyl (C=O) groups excluding carboxylic acids is 1. The Morgan fingerprint density at radius 1 is 1.50 bits per heavy atom. The number of carbonyl (C=O) groups is 2. The summed E-state index contributed by atoms with van der Waals surface area (Å²) in [6, 6.07) is 0. The fraction of sp³-hybridized carbons (Fsp3) is 0.545. The van der Waals surface area contributed by atoms with Crippen LogP contribution in [-0.4, -0.2) is 21.8 Å². The number of Topliss-reactive ketones (excluding diaryl/α,β-unsaturated/α-hetero) is 1. The van der Waals surface area contributed by atoms with Crippen LogP contribution < -0.4 is 0 Å². The lowest BCUT2D eigenvalue weighted by Gasteiger charge is -2.34. The maximum absolute atomic E-state index is 11.3. The summed E-state index contributed by atoms with van der Waals surface area (Å²) in [6.45, 7) is 0. The van der Waals surface area contributed by atoms with Gasteiger partial charge in [-0.2, -0.15) is 0 Å². The molecule has 0 aromatic carbocycles. The Hall–Kier alpha value is -1.23. The van der Waals surface area contributed by atoms with Gasteiger partial charge in [-0.05, 0) is 12.8 Å². The van der Waals surface area contributed by atoms with Gasteiger partial charge in [0.05, 0.1) is 10.7 Å². The second-order valence-electron chi connectivity index (χ2n) is 4.62. The van der Waals surface area contributed by atoms with Crippen molar-refractivity contribution >= 4 is 23.1 Å². The van der Waals surface area contributed by atoms with E-state index in [4.69, 9.17) is 0 Å². The van der Waals surface area contributed by atoms with Crippen molar-refractivity contribution in [1.29, 1.82) is 0 Å². The molecule has 0 aliphatic heterocycles. The van der Waals surface area contributed by atoms with E-state index >= 15 is 0 Å². The van der Waals surface area contributed by atoms with Crippen LogP contribution in [-0.2, 0) is 15.0 Å². The highest BCUT2D eigenvalue weighted by molar-refractivity contribution is 7.09. The van der Waals surface area contributed by atoms with Gasteiger partial charge in [0.2, 0.25) is 0 Å². The maximum atomic E-state index is 11.3. The first-order chi connectivity index (χ1) is 7.62. The van der Waals surface area contributed by atoms with Crippen molar-refractivity contribution in [1.82, 2.24) is 4.98 Å². The molecule has 2 fully saturated rings. The van der Waals surface area contributed by atoms with E-state index in [0.29, 0.717) is 11.6 Å². The molecule has 0 unspecified atom stereocenters. The van der Waals surface area contributed by atoms with Crippen molar-refractivity contribution in [2.24, 2.45) is 0 Å². The number of hydrogen-bond donors (Lipinski definition) is 1. The molecule has 84 valence electrons. The zero-order valence-electron chi connectivity index (χ0n) is 8.60. The Morgan fingerprint density at radius 2 is 2.19 bits per heavy atom. The largest absolute Gasteiger partial charge is 0.481 e. The average Bonchev–Trinajstić information content (AvgIpc) is 2.92. The molecule has 2 saturated carbocycles. The standard InChI is InChI=1S/C11H11NO3S/c13-7-3-11(4-7,10(14)15)8-5-16-9(12-8)6-1-2-6/h5-6H,1-4H2,(H,14,15).